The molecule has 0 unspecified atom stereocenters. The lowest BCUT2D eigenvalue weighted by molar-refractivity contribution is -0.138. The van der Waals surface area contributed by atoms with E-state index >= 15 is 0 Å². The van der Waals surface area contributed by atoms with E-state index in [2.05, 4.69) is 0 Å². The van der Waals surface area contributed by atoms with Crippen molar-refractivity contribution in [1.29, 1.82) is 0 Å². The van der Waals surface area contributed by atoms with E-state index in [1.807, 2.05) is 6.07 Å². The zero-order valence-corrected chi connectivity index (χ0v) is 13.5. The van der Waals surface area contributed by atoms with Gasteiger partial charge in [0.15, 0.2) is 17.2 Å². The van der Waals surface area contributed by atoms with Gasteiger partial charge in [0, 0.05) is 24.0 Å². The smallest absolute Gasteiger partial charge is 0.194 e. The van der Waals surface area contributed by atoms with Crippen molar-refractivity contribution in [2.24, 2.45) is 0 Å². The number of carbonyl (C=O) groups is 2. The molecule has 1 saturated carbocycles. The predicted octanol–water partition coefficient (Wildman–Crippen LogP) is 3.28. The Bertz CT molecular complexity index is 782. The number of halogens is 1. The summed E-state index contributed by atoms with van der Waals surface area (Å²) in [6, 6.07) is 15.6. The Balaban J connectivity index is 1.96. The average Bonchev–Trinajstić information content (AvgIpc) is 2.79. The molecule has 1 fully saturated rings. The van der Waals surface area contributed by atoms with Crippen molar-refractivity contribution < 1.29 is 19.1 Å². The van der Waals surface area contributed by atoms with E-state index in [4.69, 9.17) is 0 Å². The summed E-state index contributed by atoms with van der Waals surface area (Å²) < 4.78 is 14.7. The largest absolute Gasteiger partial charge is 0.386 e. The van der Waals surface area contributed by atoms with Gasteiger partial charge >= 0.3 is 0 Å². The van der Waals surface area contributed by atoms with Crippen molar-refractivity contribution in [1.82, 2.24) is 0 Å². The summed E-state index contributed by atoms with van der Waals surface area (Å²) >= 11 is 0. The van der Waals surface area contributed by atoms with Crippen LogP contribution < -0.4 is 0 Å². The van der Waals surface area contributed by atoms with Crippen LogP contribution in [0.15, 0.2) is 54.6 Å². The average molecular weight is 326 g/mol. The Morgan fingerprint density at radius 2 is 1.75 bits per heavy atom. The number of rotatable bonds is 4. The molecule has 0 radical (unpaired) electrons. The Kier molecular flexibility index (Phi) is 4.10. The number of aliphatic hydroxyl groups is 1. The predicted molar refractivity (Wildman–Crippen MR) is 88.7 cm³/mol. The highest BCUT2D eigenvalue weighted by atomic mass is 19.1. The first kappa shape index (κ1) is 16.5. The molecule has 2 atom stereocenters. The minimum absolute atomic E-state index is 0.0122. The third-order valence-electron chi connectivity index (χ3n) is 4.94. The first-order valence-electron chi connectivity index (χ1n) is 7.97. The van der Waals surface area contributed by atoms with Gasteiger partial charge in [0.2, 0.25) is 0 Å². The molecule has 0 saturated heterocycles. The Morgan fingerprint density at radius 1 is 1.12 bits per heavy atom. The molecule has 0 aliphatic heterocycles. The van der Waals surface area contributed by atoms with Gasteiger partial charge < -0.3 is 5.11 Å². The summed E-state index contributed by atoms with van der Waals surface area (Å²) in [7, 11) is 0. The standard InChI is InChI=1S/C20H19FO3/c1-19(21)17(22)11-12-20(19,24)13-15-9-5-6-10-16(15)18(23)14-7-3-2-4-8-14/h2-10,24H,11-13H2,1H3/t19-,20+/m0/s1. The lowest BCUT2D eigenvalue weighted by atomic mass is 9.81. The minimum atomic E-state index is -2.30. The van der Waals surface area contributed by atoms with Crippen molar-refractivity contribution in [3.63, 3.8) is 0 Å². The van der Waals surface area contributed by atoms with Crippen LogP contribution in [-0.2, 0) is 11.2 Å². The molecule has 4 heteroatoms. The van der Waals surface area contributed by atoms with Crippen LogP contribution in [0.2, 0.25) is 0 Å². The van der Waals surface area contributed by atoms with Gasteiger partial charge in [-0.25, -0.2) is 4.39 Å². The van der Waals surface area contributed by atoms with Crippen LogP contribution in [0.1, 0.15) is 41.3 Å². The normalized spacial score (nSPS) is 26.5. The number of ketones is 2. The molecule has 0 bridgehead atoms. The molecule has 0 aromatic heterocycles. The number of benzene rings is 2. The number of hydrogen-bond acceptors (Lipinski definition) is 3. The van der Waals surface area contributed by atoms with E-state index < -0.39 is 17.1 Å². The van der Waals surface area contributed by atoms with Gasteiger partial charge in [-0.3, -0.25) is 9.59 Å². The van der Waals surface area contributed by atoms with Crippen LogP contribution in [0.5, 0.6) is 0 Å². The minimum Gasteiger partial charge on any atom is -0.386 e. The fraction of sp³-hybridized carbons (Fsp3) is 0.300. The van der Waals surface area contributed by atoms with Crippen LogP contribution in [0, 0.1) is 0 Å². The molecular weight excluding hydrogens is 307 g/mol. The van der Waals surface area contributed by atoms with Gasteiger partial charge in [-0.2, -0.15) is 0 Å². The summed E-state index contributed by atoms with van der Waals surface area (Å²) in [5.41, 5.74) is -2.57. The molecule has 0 spiro atoms. The van der Waals surface area contributed by atoms with E-state index in [1.54, 1.807) is 48.5 Å². The zero-order valence-electron chi connectivity index (χ0n) is 13.5. The highest BCUT2D eigenvalue weighted by Crippen LogP contribution is 2.42. The van der Waals surface area contributed by atoms with Crippen LogP contribution in [-0.4, -0.2) is 27.9 Å². The molecule has 124 valence electrons. The second kappa shape index (κ2) is 5.95. The zero-order chi connectivity index (χ0) is 17.4. The van der Waals surface area contributed by atoms with E-state index in [9.17, 15) is 19.1 Å². The van der Waals surface area contributed by atoms with E-state index in [0.717, 1.165) is 6.92 Å². The van der Waals surface area contributed by atoms with Gasteiger partial charge in [-0.15, -0.1) is 0 Å². The molecular formula is C20H19FO3. The maximum absolute atomic E-state index is 14.7. The van der Waals surface area contributed by atoms with Crippen LogP contribution >= 0.6 is 0 Å². The quantitative estimate of drug-likeness (QED) is 0.877. The van der Waals surface area contributed by atoms with Crippen molar-refractivity contribution in [3.8, 4) is 0 Å². The van der Waals surface area contributed by atoms with Gasteiger partial charge in [0.25, 0.3) is 0 Å². The van der Waals surface area contributed by atoms with Crippen molar-refractivity contribution in [2.45, 2.75) is 37.5 Å². The molecule has 3 rings (SSSR count). The highest BCUT2D eigenvalue weighted by molar-refractivity contribution is 6.10. The summed E-state index contributed by atoms with van der Waals surface area (Å²) in [5.74, 6) is -0.767. The second-order valence-electron chi connectivity index (χ2n) is 6.49. The fourth-order valence-corrected chi connectivity index (χ4v) is 3.26. The fourth-order valence-electron chi connectivity index (χ4n) is 3.26. The van der Waals surface area contributed by atoms with Crippen molar-refractivity contribution in [2.75, 3.05) is 0 Å². The van der Waals surface area contributed by atoms with Gasteiger partial charge in [0.05, 0.1) is 0 Å². The van der Waals surface area contributed by atoms with E-state index in [1.165, 1.54) is 0 Å². The summed E-state index contributed by atoms with van der Waals surface area (Å²) in [6.45, 7) is 1.13. The summed E-state index contributed by atoms with van der Waals surface area (Å²) in [5, 5.41) is 10.7. The van der Waals surface area contributed by atoms with Crippen LogP contribution in [0.25, 0.3) is 0 Å². The third kappa shape index (κ3) is 2.67. The molecule has 2 aromatic rings. The topological polar surface area (TPSA) is 54.4 Å². The molecule has 1 aliphatic carbocycles. The van der Waals surface area contributed by atoms with E-state index in [0.29, 0.717) is 16.7 Å². The lowest BCUT2D eigenvalue weighted by Crippen LogP contribution is -2.49. The highest BCUT2D eigenvalue weighted by Gasteiger charge is 2.57. The molecule has 3 nitrogen and oxygen atoms in total. The van der Waals surface area contributed by atoms with Crippen LogP contribution in [0.4, 0.5) is 4.39 Å². The molecule has 24 heavy (non-hydrogen) atoms. The monoisotopic (exact) mass is 326 g/mol. The molecule has 1 aliphatic rings. The SMILES string of the molecule is C[C@]1(F)C(=O)CC[C@@]1(O)Cc1ccccc1C(=O)c1ccccc1. The third-order valence-corrected chi connectivity index (χ3v) is 4.94. The molecule has 0 amide bonds. The number of alkyl halides is 1. The van der Waals surface area contributed by atoms with Crippen molar-refractivity contribution in [3.05, 3.63) is 71.3 Å². The molecule has 1 N–H and O–H groups in total. The Hall–Kier alpha value is -2.33. The lowest BCUT2D eigenvalue weighted by Gasteiger charge is -2.32. The summed E-state index contributed by atoms with van der Waals surface area (Å²) in [6.07, 6.45) is 0.00544. The number of carbonyl (C=O) groups excluding carboxylic acids is 2. The Labute approximate surface area is 140 Å². The van der Waals surface area contributed by atoms with E-state index in [-0.39, 0.29) is 25.0 Å². The van der Waals surface area contributed by atoms with Gasteiger partial charge in [-0.05, 0) is 18.9 Å². The number of Topliss-reactive ketones (excluding diaryl/α,β-unsaturated/α-hetero) is 1. The summed E-state index contributed by atoms with van der Waals surface area (Å²) in [4.78, 5) is 24.5. The molecule has 0 heterocycles. The second-order valence-corrected chi connectivity index (χ2v) is 6.49. The van der Waals surface area contributed by atoms with Gasteiger partial charge in [-0.1, -0.05) is 54.6 Å². The first-order chi connectivity index (χ1) is 11.3. The Morgan fingerprint density at radius 3 is 2.38 bits per heavy atom. The maximum atomic E-state index is 14.7. The first-order valence-corrected chi connectivity index (χ1v) is 7.97. The van der Waals surface area contributed by atoms with Crippen LogP contribution in [0.3, 0.4) is 0 Å². The van der Waals surface area contributed by atoms with Gasteiger partial charge in [0.1, 0.15) is 5.60 Å². The van der Waals surface area contributed by atoms with Crippen molar-refractivity contribution >= 4 is 11.6 Å². The number of hydrogen-bond donors (Lipinski definition) is 1. The maximum Gasteiger partial charge on any atom is 0.194 e. The molecule has 2 aromatic carbocycles.